The molecule has 0 bridgehead atoms. The molecule has 0 aliphatic rings. The van der Waals surface area contributed by atoms with Crippen LogP contribution in [0.2, 0.25) is 0 Å². The molecule has 0 aliphatic carbocycles. The van der Waals surface area contributed by atoms with Gasteiger partial charge in [-0.15, -0.1) is 11.3 Å². The van der Waals surface area contributed by atoms with Gasteiger partial charge in [0.1, 0.15) is 0 Å². The van der Waals surface area contributed by atoms with Crippen molar-refractivity contribution in [3.63, 3.8) is 0 Å². The lowest BCUT2D eigenvalue weighted by atomic mass is 10.0. The maximum atomic E-state index is 5.97. The molecule has 2 aromatic rings. The first-order valence-electron chi connectivity index (χ1n) is 6.23. The second-order valence-corrected chi connectivity index (χ2v) is 5.35. The highest BCUT2D eigenvalue weighted by atomic mass is 32.1. The summed E-state index contributed by atoms with van der Waals surface area (Å²) in [6, 6.07) is 6.56. The van der Waals surface area contributed by atoms with Crippen molar-refractivity contribution in [2.75, 3.05) is 12.3 Å². The Hall–Kier alpha value is -1.39. The number of aromatic nitrogens is 1. The van der Waals surface area contributed by atoms with E-state index in [1.54, 1.807) is 17.5 Å². The third-order valence-electron chi connectivity index (χ3n) is 2.93. The summed E-state index contributed by atoms with van der Waals surface area (Å²) in [5, 5.41) is 5.64. The van der Waals surface area contributed by atoms with Crippen LogP contribution in [0, 0.1) is 0 Å². The van der Waals surface area contributed by atoms with Gasteiger partial charge in [0.25, 0.3) is 0 Å². The van der Waals surface area contributed by atoms with E-state index >= 15 is 0 Å². The fraction of sp³-hybridized carbons (Fsp3) is 0.357. The zero-order valence-electron chi connectivity index (χ0n) is 10.6. The number of nitrogens with zero attached hydrogens (tertiary/aromatic N) is 1. The molecule has 18 heavy (non-hydrogen) atoms. The Kier molecular flexibility index (Phi) is 4.73. The standard InChI is InChI=1S/C14H19N3S/c1-2-17-12(9-13-4-3-7-18-13)8-11-10-16-6-5-14(11)15/h3-7,10,12,17H,2,8-9H2,1H3,(H2,15,16). The van der Waals surface area contributed by atoms with Crippen LogP contribution in [0.5, 0.6) is 0 Å². The average Bonchev–Trinajstić information content (AvgIpc) is 2.85. The minimum Gasteiger partial charge on any atom is -0.398 e. The van der Waals surface area contributed by atoms with Gasteiger partial charge in [-0.3, -0.25) is 4.98 Å². The minimum absolute atomic E-state index is 0.417. The van der Waals surface area contributed by atoms with E-state index in [0.717, 1.165) is 30.6 Å². The summed E-state index contributed by atoms with van der Waals surface area (Å²) in [7, 11) is 0. The molecule has 2 rings (SSSR count). The van der Waals surface area contributed by atoms with E-state index in [2.05, 4.69) is 34.7 Å². The monoisotopic (exact) mass is 261 g/mol. The fourth-order valence-corrected chi connectivity index (χ4v) is 2.84. The van der Waals surface area contributed by atoms with Crippen LogP contribution in [0.3, 0.4) is 0 Å². The second-order valence-electron chi connectivity index (χ2n) is 4.32. The van der Waals surface area contributed by atoms with Crippen LogP contribution in [-0.4, -0.2) is 17.6 Å². The summed E-state index contributed by atoms with van der Waals surface area (Å²) < 4.78 is 0. The van der Waals surface area contributed by atoms with Gasteiger partial charge in [0.15, 0.2) is 0 Å². The maximum absolute atomic E-state index is 5.97. The fourth-order valence-electron chi connectivity index (χ4n) is 2.05. The SMILES string of the molecule is CCNC(Cc1cccs1)Cc1cnccc1N. The van der Waals surface area contributed by atoms with Gasteiger partial charge in [0.05, 0.1) is 0 Å². The Balaban J connectivity index is 2.04. The Labute approximate surface area is 112 Å². The van der Waals surface area contributed by atoms with Crippen LogP contribution in [0.15, 0.2) is 36.0 Å². The predicted molar refractivity (Wildman–Crippen MR) is 77.8 cm³/mol. The van der Waals surface area contributed by atoms with Crippen molar-refractivity contribution >= 4 is 17.0 Å². The van der Waals surface area contributed by atoms with Crippen LogP contribution in [-0.2, 0) is 12.8 Å². The summed E-state index contributed by atoms with van der Waals surface area (Å²) in [6.07, 6.45) is 5.57. The van der Waals surface area contributed by atoms with Crippen LogP contribution >= 0.6 is 11.3 Å². The van der Waals surface area contributed by atoms with Gasteiger partial charge in [0.2, 0.25) is 0 Å². The molecule has 0 fully saturated rings. The number of nitrogens with one attached hydrogen (secondary N) is 1. The molecule has 1 atom stereocenters. The van der Waals surface area contributed by atoms with E-state index in [0.29, 0.717) is 6.04 Å². The van der Waals surface area contributed by atoms with Gasteiger partial charge in [0, 0.05) is 29.0 Å². The van der Waals surface area contributed by atoms with Crippen molar-refractivity contribution in [2.24, 2.45) is 0 Å². The molecule has 3 N–H and O–H groups in total. The van der Waals surface area contributed by atoms with E-state index in [1.165, 1.54) is 4.88 Å². The van der Waals surface area contributed by atoms with Crippen molar-refractivity contribution in [2.45, 2.75) is 25.8 Å². The van der Waals surface area contributed by atoms with Gasteiger partial charge in [-0.2, -0.15) is 0 Å². The Bertz CT molecular complexity index is 468. The largest absolute Gasteiger partial charge is 0.398 e. The van der Waals surface area contributed by atoms with Crippen LogP contribution in [0.4, 0.5) is 5.69 Å². The van der Waals surface area contributed by atoms with Gasteiger partial charge < -0.3 is 11.1 Å². The quantitative estimate of drug-likeness (QED) is 0.840. The van der Waals surface area contributed by atoms with E-state index in [9.17, 15) is 0 Å². The number of nitrogen functional groups attached to an aromatic ring is 1. The molecule has 0 aromatic carbocycles. The summed E-state index contributed by atoms with van der Waals surface area (Å²) in [6.45, 7) is 3.10. The van der Waals surface area contributed by atoms with Crippen molar-refractivity contribution in [3.8, 4) is 0 Å². The Morgan fingerprint density at radius 2 is 2.28 bits per heavy atom. The lowest BCUT2D eigenvalue weighted by molar-refractivity contribution is 0.524. The molecule has 96 valence electrons. The van der Waals surface area contributed by atoms with Crippen molar-refractivity contribution in [1.29, 1.82) is 0 Å². The molecule has 0 amide bonds. The maximum Gasteiger partial charge on any atom is 0.0378 e. The zero-order valence-corrected chi connectivity index (χ0v) is 11.4. The smallest absolute Gasteiger partial charge is 0.0378 e. The van der Waals surface area contributed by atoms with Crippen molar-refractivity contribution in [1.82, 2.24) is 10.3 Å². The number of nitrogens with two attached hydrogens (primary N) is 1. The predicted octanol–water partition coefficient (Wildman–Crippen LogP) is 2.49. The normalized spacial score (nSPS) is 12.5. The third-order valence-corrected chi connectivity index (χ3v) is 3.83. The zero-order chi connectivity index (χ0) is 12.8. The molecule has 0 radical (unpaired) electrons. The van der Waals surface area contributed by atoms with E-state index < -0.39 is 0 Å². The molecule has 0 aliphatic heterocycles. The van der Waals surface area contributed by atoms with Gasteiger partial charge in [-0.05, 0) is 42.5 Å². The Morgan fingerprint density at radius 3 is 2.94 bits per heavy atom. The first kappa shape index (κ1) is 13.1. The number of rotatable bonds is 6. The summed E-state index contributed by atoms with van der Waals surface area (Å²) in [4.78, 5) is 5.56. The number of pyridine rings is 1. The van der Waals surface area contributed by atoms with E-state index in [4.69, 9.17) is 5.73 Å². The molecule has 0 saturated heterocycles. The van der Waals surface area contributed by atoms with E-state index in [-0.39, 0.29) is 0 Å². The first-order chi connectivity index (χ1) is 8.79. The van der Waals surface area contributed by atoms with Crippen molar-refractivity contribution < 1.29 is 0 Å². The second kappa shape index (κ2) is 6.52. The number of hydrogen-bond acceptors (Lipinski definition) is 4. The number of likely N-dealkylation sites (N-methyl/N-ethyl adjacent to an activating group) is 1. The molecular formula is C14H19N3S. The summed E-state index contributed by atoms with van der Waals surface area (Å²) >= 11 is 1.80. The van der Waals surface area contributed by atoms with Gasteiger partial charge in [-0.1, -0.05) is 13.0 Å². The van der Waals surface area contributed by atoms with Crippen LogP contribution in [0.25, 0.3) is 0 Å². The van der Waals surface area contributed by atoms with Crippen LogP contribution in [0.1, 0.15) is 17.4 Å². The molecule has 1 unspecified atom stereocenters. The molecular weight excluding hydrogens is 242 g/mol. The van der Waals surface area contributed by atoms with Crippen molar-refractivity contribution in [3.05, 3.63) is 46.4 Å². The topological polar surface area (TPSA) is 50.9 Å². The highest BCUT2D eigenvalue weighted by Gasteiger charge is 2.11. The molecule has 2 heterocycles. The minimum atomic E-state index is 0.417. The molecule has 0 saturated carbocycles. The highest BCUT2D eigenvalue weighted by Crippen LogP contribution is 2.16. The Morgan fingerprint density at radius 1 is 1.39 bits per heavy atom. The molecule has 2 aromatic heterocycles. The molecule has 0 spiro atoms. The van der Waals surface area contributed by atoms with Gasteiger partial charge >= 0.3 is 0 Å². The lowest BCUT2D eigenvalue weighted by Crippen LogP contribution is -2.33. The average molecular weight is 261 g/mol. The lowest BCUT2D eigenvalue weighted by Gasteiger charge is -2.18. The number of thiophene rings is 1. The van der Waals surface area contributed by atoms with E-state index in [1.807, 2.05) is 12.3 Å². The number of anilines is 1. The number of hydrogen-bond donors (Lipinski definition) is 2. The van der Waals surface area contributed by atoms with Crippen LogP contribution < -0.4 is 11.1 Å². The molecule has 3 nitrogen and oxygen atoms in total. The van der Waals surface area contributed by atoms with Gasteiger partial charge in [-0.25, -0.2) is 0 Å². The summed E-state index contributed by atoms with van der Waals surface area (Å²) in [5.41, 5.74) is 7.93. The summed E-state index contributed by atoms with van der Waals surface area (Å²) in [5.74, 6) is 0. The molecule has 4 heteroatoms. The third kappa shape index (κ3) is 3.55. The highest BCUT2D eigenvalue weighted by molar-refractivity contribution is 7.09. The first-order valence-corrected chi connectivity index (χ1v) is 7.11.